The molecule has 0 aromatic heterocycles. The molecule has 1 aliphatic rings. The highest BCUT2D eigenvalue weighted by molar-refractivity contribution is 7.98. The molecular weight excluding hydrogens is 234 g/mol. The molecular formula is C13H17NO2S. The zero-order valence-corrected chi connectivity index (χ0v) is 11.0. The van der Waals surface area contributed by atoms with Gasteiger partial charge in [0, 0.05) is 16.9 Å². The fraction of sp³-hybridized carbons (Fsp3) is 0.462. The van der Waals surface area contributed by atoms with Crippen LogP contribution in [0.15, 0.2) is 29.2 Å². The third-order valence-corrected chi connectivity index (χ3v) is 4.08. The number of carbonyl (C=O) groups excluding carboxylic acids is 1. The molecule has 0 atom stereocenters. The highest BCUT2D eigenvalue weighted by Gasteiger charge is 2.45. The van der Waals surface area contributed by atoms with E-state index in [9.17, 15) is 4.79 Å². The molecule has 4 heteroatoms. The van der Waals surface area contributed by atoms with Gasteiger partial charge in [0.25, 0.3) is 0 Å². The first-order valence-corrected chi connectivity index (χ1v) is 6.90. The molecule has 17 heavy (non-hydrogen) atoms. The lowest BCUT2D eigenvalue weighted by Gasteiger charge is -2.18. The zero-order valence-electron chi connectivity index (χ0n) is 10.2. The smallest absolute Gasteiger partial charge is 0.406 e. The van der Waals surface area contributed by atoms with Gasteiger partial charge in [-0.25, -0.2) is 4.79 Å². The normalized spacial score (nSPS) is 16.4. The molecule has 2 rings (SSSR count). The number of rotatable bonds is 4. The van der Waals surface area contributed by atoms with Crippen LogP contribution in [-0.4, -0.2) is 26.0 Å². The molecule has 1 N–H and O–H groups in total. The van der Waals surface area contributed by atoms with Crippen LogP contribution in [0.25, 0.3) is 0 Å². The minimum atomic E-state index is -0.349. The maximum Gasteiger partial charge on any atom is 0.406 e. The van der Waals surface area contributed by atoms with Crippen LogP contribution >= 0.6 is 11.8 Å². The summed E-state index contributed by atoms with van der Waals surface area (Å²) in [6, 6.07) is 8.42. The number of benzene rings is 1. The number of methoxy groups -OCH3 is 1. The molecule has 1 saturated carbocycles. The van der Waals surface area contributed by atoms with Crippen LogP contribution in [0, 0.1) is 0 Å². The van der Waals surface area contributed by atoms with E-state index in [1.165, 1.54) is 17.6 Å². The third-order valence-electron chi connectivity index (χ3n) is 3.29. The Morgan fingerprint density at radius 2 is 2.18 bits per heavy atom. The first kappa shape index (κ1) is 12.3. The molecule has 1 aromatic rings. The summed E-state index contributed by atoms with van der Waals surface area (Å²) in [7, 11) is 1.39. The van der Waals surface area contributed by atoms with E-state index >= 15 is 0 Å². The number of carbonyl (C=O) groups is 1. The number of alkyl carbamates (subject to hydrolysis) is 1. The van der Waals surface area contributed by atoms with Gasteiger partial charge in [-0.1, -0.05) is 18.2 Å². The minimum absolute atomic E-state index is 0.133. The molecule has 1 aromatic carbocycles. The van der Waals surface area contributed by atoms with E-state index in [0.717, 1.165) is 12.8 Å². The Labute approximate surface area is 106 Å². The highest BCUT2D eigenvalue weighted by atomic mass is 32.2. The number of nitrogens with one attached hydrogen (secondary N) is 1. The van der Waals surface area contributed by atoms with E-state index < -0.39 is 0 Å². The van der Waals surface area contributed by atoms with Crippen LogP contribution in [0.3, 0.4) is 0 Å². The molecule has 0 radical (unpaired) electrons. The molecule has 1 fully saturated rings. The topological polar surface area (TPSA) is 38.3 Å². The van der Waals surface area contributed by atoms with E-state index in [1.807, 2.05) is 0 Å². The fourth-order valence-corrected chi connectivity index (χ4v) is 2.81. The van der Waals surface area contributed by atoms with Crippen LogP contribution < -0.4 is 5.32 Å². The van der Waals surface area contributed by atoms with Crippen molar-refractivity contribution >= 4 is 17.9 Å². The average Bonchev–Trinajstić information content (AvgIpc) is 3.17. The van der Waals surface area contributed by atoms with Crippen molar-refractivity contribution in [2.24, 2.45) is 0 Å². The lowest BCUT2D eigenvalue weighted by Crippen LogP contribution is -2.32. The van der Waals surface area contributed by atoms with Crippen LogP contribution in [-0.2, 0) is 10.2 Å². The second-order valence-electron chi connectivity index (χ2n) is 4.33. The third kappa shape index (κ3) is 2.57. The summed E-state index contributed by atoms with van der Waals surface area (Å²) in [5, 5.41) is 2.81. The SMILES string of the molecule is COC(=O)NCC1(c2ccccc2SC)CC1. The Balaban J connectivity index is 2.12. The second kappa shape index (κ2) is 5.00. The Morgan fingerprint density at radius 1 is 1.47 bits per heavy atom. The Bertz CT molecular complexity index is 416. The van der Waals surface area contributed by atoms with Crippen LogP contribution in [0.2, 0.25) is 0 Å². The summed E-state index contributed by atoms with van der Waals surface area (Å²) in [5.74, 6) is 0. The van der Waals surface area contributed by atoms with E-state index in [0.29, 0.717) is 6.54 Å². The minimum Gasteiger partial charge on any atom is -0.453 e. The summed E-state index contributed by atoms with van der Waals surface area (Å²) in [4.78, 5) is 12.4. The number of thioether (sulfide) groups is 1. The summed E-state index contributed by atoms with van der Waals surface area (Å²) in [6.07, 6.45) is 4.00. The molecule has 0 bridgehead atoms. The van der Waals surface area contributed by atoms with Crippen LogP contribution in [0.1, 0.15) is 18.4 Å². The molecule has 0 aliphatic heterocycles. The van der Waals surface area contributed by atoms with E-state index in [-0.39, 0.29) is 11.5 Å². The number of ether oxygens (including phenoxy) is 1. The molecule has 92 valence electrons. The van der Waals surface area contributed by atoms with Gasteiger partial charge in [0.1, 0.15) is 0 Å². The predicted molar refractivity (Wildman–Crippen MR) is 69.5 cm³/mol. The van der Waals surface area contributed by atoms with Gasteiger partial charge in [-0.15, -0.1) is 11.8 Å². The molecule has 0 spiro atoms. The van der Waals surface area contributed by atoms with E-state index in [2.05, 4.69) is 40.6 Å². The number of amides is 1. The Kier molecular flexibility index (Phi) is 3.62. The number of hydrogen-bond donors (Lipinski definition) is 1. The molecule has 1 aliphatic carbocycles. The maximum absolute atomic E-state index is 11.1. The van der Waals surface area contributed by atoms with Crippen LogP contribution in [0.5, 0.6) is 0 Å². The van der Waals surface area contributed by atoms with Crippen molar-refractivity contribution in [2.75, 3.05) is 19.9 Å². The quantitative estimate of drug-likeness (QED) is 0.836. The highest BCUT2D eigenvalue weighted by Crippen LogP contribution is 2.50. The molecule has 1 amide bonds. The largest absolute Gasteiger partial charge is 0.453 e. The summed E-state index contributed by atoms with van der Waals surface area (Å²) in [5.41, 5.74) is 1.48. The van der Waals surface area contributed by atoms with E-state index in [4.69, 9.17) is 0 Å². The zero-order chi connectivity index (χ0) is 12.3. The van der Waals surface area contributed by atoms with Gasteiger partial charge < -0.3 is 10.1 Å². The van der Waals surface area contributed by atoms with Gasteiger partial charge in [-0.3, -0.25) is 0 Å². The van der Waals surface area contributed by atoms with Crippen molar-refractivity contribution < 1.29 is 9.53 Å². The predicted octanol–water partition coefficient (Wildman–Crippen LogP) is 2.80. The lowest BCUT2D eigenvalue weighted by atomic mass is 9.96. The van der Waals surface area contributed by atoms with Crippen molar-refractivity contribution in [2.45, 2.75) is 23.2 Å². The van der Waals surface area contributed by atoms with Gasteiger partial charge >= 0.3 is 6.09 Å². The van der Waals surface area contributed by atoms with Crippen molar-refractivity contribution in [3.63, 3.8) is 0 Å². The maximum atomic E-state index is 11.1. The van der Waals surface area contributed by atoms with Crippen molar-refractivity contribution in [3.8, 4) is 0 Å². The lowest BCUT2D eigenvalue weighted by molar-refractivity contribution is 0.170. The molecule has 0 saturated heterocycles. The molecule has 3 nitrogen and oxygen atoms in total. The van der Waals surface area contributed by atoms with Crippen LogP contribution in [0.4, 0.5) is 4.79 Å². The standard InChI is InChI=1S/C13H17NO2S/c1-16-12(15)14-9-13(7-8-13)10-5-3-4-6-11(10)17-2/h3-6H,7-9H2,1-2H3,(H,14,15). The molecule has 0 heterocycles. The monoisotopic (exact) mass is 251 g/mol. The van der Waals surface area contributed by atoms with Gasteiger partial charge in [-0.05, 0) is 30.7 Å². The van der Waals surface area contributed by atoms with Gasteiger partial charge in [0.05, 0.1) is 7.11 Å². The summed E-state index contributed by atoms with van der Waals surface area (Å²) < 4.78 is 4.61. The number of hydrogen-bond acceptors (Lipinski definition) is 3. The Hall–Kier alpha value is -1.16. The summed E-state index contributed by atoms with van der Waals surface area (Å²) in [6.45, 7) is 0.664. The fourth-order valence-electron chi connectivity index (χ4n) is 2.09. The Morgan fingerprint density at radius 3 is 2.76 bits per heavy atom. The second-order valence-corrected chi connectivity index (χ2v) is 5.17. The van der Waals surface area contributed by atoms with Gasteiger partial charge in [0.2, 0.25) is 0 Å². The van der Waals surface area contributed by atoms with Crippen molar-refractivity contribution in [1.82, 2.24) is 5.32 Å². The van der Waals surface area contributed by atoms with Gasteiger partial charge in [0.15, 0.2) is 0 Å². The van der Waals surface area contributed by atoms with Gasteiger partial charge in [-0.2, -0.15) is 0 Å². The van der Waals surface area contributed by atoms with E-state index in [1.54, 1.807) is 11.8 Å². The average molecular weight is 251 g/mol. The summed E-state index contributed by atoms with van der Waals surface area (Å²) >= 11 is 1.76. The van der Waals surface area contributed by atoms with Crippen molar-refractivity contribution in [3.05, 3.63) is 29.8 Å². The molecule has 0 unspecified atom stereocenters. The van der Waals surface area contributed by atoms with Crippen molar-refractivity contribution in [1.29, 1.82) is 0 Å². The first-order chi connectivity index (χ1) is 8.22. The first-order valence-electron chi connectivity index (χ1n) is 5.67.